The molecule has 2 rings (SSSR count). The molecule has 0 radical (unpaired) electrons. The summed E-state index contributed by atoms with van der Waals surface area (Å²) in [5.74, 6) is -1.18. The molecule has 1 aliphatic heterocycles. The molecule has 1 aromatic carbocycles. The van der Waals surface area contributed by atoms with Crippen molar-refractivity contribution < 1.29 is 19.4 Å². The number of rotatable bonds is 5. The van der Waals surface area contributed by atoms with Crippen LogP contribution in [0.4, 0.5) is 0 Å². The van der Waals surface area contributed by atoms with Crippen molar-refractivity contribution >= 4 is 18.0 Å². The first-order valence-electron chi connectivity index (χ1n) is 6.97. The van der Waals surface area contributed by atoms with Gasteiger partial charge in [0.15, 0.2) is 0 Å². The molecular weight excluding hydrogens is 270 g/mol. The predicted octanol–water partition coefficient (Wildman–Crippen LogP) is 2.00. The predicted molar refractivity (Wildman–Crippen MR) is 79.2 cm³/mol. The second-order valence-electron chi connectivity index (χ2n) is 5.15. The van der Waals surface area contributed by atoms with Crippen LogP contribution in [0, 0.1) is 6.92 Å². The smallest absolute Gasteiger partial charge is 0.328 e. The third-order valence-electron chi connectivity index (χ3n) is 3.29. The van der Waals surface area contributed by atoms with Crippen molar-refractivity contribution in [1.82, 2.24) is 5.32 Å². The van der Waals surface area contributed by atoms with Crippen LogP contribution in [0.15, 0.2) is 24.3 Å². The first kappa shape index (κ1) is 15.3. The molecular formula is C16H19NO4. The Hall–Kier alpha value is -2.14. The minimum atomic E-state index is -1.01. The van der Waals surface area contributed by atoms with Crippen LogP contribution in [0.3, 0.4) is 0 Å². The van der Waals surface area contributed by atoms with Gasteiger partial charge in [-0.3, -0.25) is 4.79 Å². The first-order chi connectivity index (χ1) is 10.0. The normalized spacial score (nSPS) is 18.0. The highest BCUT2D eigenvalue weighted by Crippen LogP contribution is 2.13. The molecule has 1 unspecified atom stereocenters. The van der Waals surface area contributed by atoms with Crippen molar-refractivity contribution in [2.24, 2.45) is 0 Å². The van der Waals surface area contributed by atoms with Gasteiger partial charge in [0.1, 0.15) is 0 Å². The molecule has 21 heavy (non-hydrogen) atoms. The van der Waals surface area contributed by atoms with Gasteiger partial charge < -0.3 is 15.2 Å². The fraction of sp³-hybridized carbons (Fsp3) is 0.375. The molecule has 1 saturated heterocycles. The zero-order valence-electron chi connectivity index (χ0n) is 12.0. The Morgan fingerprint density at radius 3 is 2.90 bits per heavy atom. The Morgan fingerprint density at radius 2 is 2.24 bits per heavy atom. The van der Waals surface area contributed by atoms with Gasteiger partial charge in [0, 0.05) is 24.8 Å². The van der Waals surface area contributed by atoms with Gasteiger partial charge in [-0.15, -0.1) is 0 Å². The topological polar surface area (TPSA) is 75.6 Å². The number of ether oxygens (including phenoxy) is 1. The minimum Gasteiger partial charge on any atom is -0.478 e. The van der Waals surface area contributed by atoms with E-state index in [0.717, 1.165) is 31.1 Å². The van der Waals surface area contributed by atoms with E-state index < -0.39 is 5.97 Å². The van der Waals surface area contributed by atoms with E-state index in [1.54, 1.807) is 12.1 Å². The van der Waals surface area contributed by atoms with Gasteiger partial charge >= 0.3 is 5.97 Å². The fourth-order valence-electron chi connectivity index (χ4n) is 2.32. The lowest BCUT2D eigenvalue weighted by atomic mass is 10.1. The second-order valence-corrected chi connectivity index (χ2v) is 5.15. The number of carbonyl (C=O) groups is 2. The van der Waals surface area contributed by atoms with E-state index in [1.165, 1.54) is 6.08 Å². The van der Waals surface area contributed by atoms with Crippen molar-refractivity contribution in [2.75, 3.05) is 13.2 Å². The molecule has 0 bridgehead atoms. The Kier molecular flexibility index (Phi) is 5.11. The largest absolute Gasteiger partial charge is 0.478 e. The summed E-state index contributed by atoms with van der Waals surface area (Å²) in [6.45, 7) is 3.14. The van der Waals surface area contributed by atoms with Gasteiger partial charge in [0.25, 0.3) is 5.91 Å². The quantitative estimate of drug-likeness (QED) is 0.813. The first-order valence-corrected chi connectivity index (χ1v) is 6.97. The van der Waals surface area contributed by atoms with Crippen LogP contribution in [0.1, 0.15) is 34.3 Å². The number of carbonyl (C=O) groups excluding carboxylic acids is 1. The number of hydrogen-bond acceptors (Lipinski definition) is 3. The summed E-state index contributed by atoms with van der Waals surface area (Å²) in [7, 11) is 0. The van der Waals surface area contributed by atoms with E-state index in [4.69, 9.17) is 9.84 Å². The molecule has 1 amide bonds. The zero-order valence-corrected chi connectivity index (χ0v) is 12.0. The molecule has 5 heteroatoms. The lowest BCUT2D eigenvalue weighted by molar-refractivity contribution is -0.131. The van der Waals surface area contributed by atoms with Gasteiger partial charge in [0.05, 0.1) is 6.10 Å². The molecule has 1 atom stereocenters. The van der Waals surface area contributed by atoms with Crippen LogP contribution in [-0.4, -0.2) is 36.2 Å². The van der Waals surface area contributed by atoms with Gasteiger partial charge in [-0.1, -0.05) is 6.07 Å². The number of aryl methyl sites for hydroxylation is 1. The van der Waals surface area contributed by atoms with Gasteiger partial charge in [-0.25, -0.2) is 4.79 Å². The maximum absolute atomic E-state index is 12.1. The molecule has 1 aromatic rings. The molecule has 2 N–H and O–H groups in total. The number of amides is 1. The van der Waals surface area contributed by atoms with Crippen LogP contribution < -0.4 is 5.32 Å². The number of carboxylic acid groups (broad SMARTS) is 1. The lowest BCUT2D eigenvalue weighted by Gasteiger charge is -2.11. The molecule has 1 aliphatic rings. The standard InChI is InChI=1S/C16H19NO4/c1-11-7-12(4-5-15(18)19)9-13(8-11)16(20)17-10-14-3-2-6-21-14/h4-5,7-9,14H,2-3,6,10H2,1H3,(H,17,20)(H,18,19)/b5-4+. The van der Waals surface area contributed by atoms with E-state index in [9.17, 15) is 9.59 Å². The van der Waals surface area contributed by atoms with E-state index in [1.807, 2.05) is 13.0 Å². The van der Waals surface area contributed by atoms with Crippen molar-refractivity contribution in [3.8, 4) is 0 Å². The van der Waals surface area contributed by atoms with E-state index in [0.29, 0.717) is 17.7 Å². The Bertz CT molecular complexity index is 559. The molecule has 0 spiro atoms. The summed E-state index contributed by atoms with van der Waals surface area (Å²) in [6, 6.07) is 5.29. The molecule has 0 aliphatic carbocycles. The van der Waals surface area contributed by atoms with Crippen molar-refractivity contribution in [2.45, 2.75) is 25.9 Å². The van der Waals surface area contributed by atoms with Crippen LogP contribution >= 0.6 is 0 Å². The van der Waals surface area contributed by atoms with Crippen LogP contribution in [0.5, 0.6) is 0 Å². The number of nitrogens with one attached hydrogen (secondary N) is 1. The Morgan fingerprint density at radius 1 is 1.43 bits per heavy atom. The maximum atomic E-state index is 12.1. The Labute approximate surface area is 123 Å². The van der Waals surface area contributed by atoms with Crippen LogP contribution in [0.25, 0.3) is 6.08 Å². The van der Waals surface area contributed by atoms with E-state index in [-0.39, 0.29) is 12.0 Å². The number of hydrogen-bond donors (Lipinski definition) is 2. The summed E-state index contributed by atoms with van der Waals surface area (Å²) in [5.41, 5.74) is 2.13. The second kappa shape index (κ2) is 7.04. The van der Waals surface area contributed by atoms with E-state index in [2.05, 4.69) is 5.32 Å². The van der Waals surface area contributed by atoms with Crippen molar-refractivity contribution in [1.29, 1.82) is 0 Å². The van der Waals surface area contributed by atoms with Crippen LogP contribution in [0.2, 0.25) is 0 Å². The average molecular weight is 289 g/mol. The lowest BCUT2D eigenvalue weighted by Crippen LogP contribution is -2.31. The third-order valence-corrected chi connectivity index (χ3v) is 3.29. The maximum Gasteiger partial charge on any atom is 0.328 e. The summed E-state index contributed by atoms with van der Waals surface area (Å²) >= 11 is 0. The van der Waals surface area contributed by atoms with Crippen molar-refractivity contribution in [3.63, 3.8) is 0 Å². The SMILES string of the molecule is Cc1cc(/C=C/C(=O)O)cc(C(=O)NCC2CCCO2)c1. The summed E-state index contributed by atoms with van der Waals surface area (Å²) < 4.78 is 5.46. The molecule has 5 nitrogen and oxygen atoms in total. The molecule has 0 saturated carbocycles. The highest BCUT2D eigenvalue weighted by atomic mass is 16.5. The zero-order chi connectivity index (χ0) is 15.2. The molecule has 112 valence electrons. The van der Waals surface area contributed by atoms with Gasteiger partial charge in [-0.05, 0) is 49.1 Å². The Balaban J connectivity index is 2.03. The number of benzene rings is 1. The highest BCUT2D eigenvalue weighted by molar-refractivity contribution is 5.95. The average Bonchev–Trinajstić information content (AvgIpc) is 2.95. The third kappa shape index (κ3) is 4.72. The van der Waals surface area contributed by atoms with E-state index >= 15 is 0 Å². The monoisotopic (exact) mass is 289 g/mol. The summed E-state index contributed by atoms with van der Waals surface area (Å²) in [6.07, 6.45) is 4.65. The number of aliphatic carboxylic acids is 1. The fourth-order valence-corrected chi connectivity index (χ4v) is 2.32. The molecule has 0 aromatic heterocycles. The van der Waals surface area contributed by atoms with Crippen LogP contribution in [-0.2, 0) is 9.53 Å². The van der Waals surface area contributed by atoms with Crippen molar-refractivity contribution in [3.05, 3.63) is 41.0 Å². The summed E-state index contributed by atoms with van der Waals surface area (Å²) in [5, 5.41) is 11.5. The molecule has 1 heterocycles. The highest BCUT2D eigenvalue weighted by Gasteiger charge is 2.16. The minimum absolute atomic E-state index is 0.102. The van der Waals surface area contributed by atoms with Gasteiger partial charge in [0.2, 0.25) is 0 Å². The van der Waals surface area contributed by atoms with Gasteiger partial charge in [-0.2, -0.15) is 0 Å². The summed E-state index contributed by atoms with van der Waals surface area (Å²) in [4.78, 5) is 22.7. The molecule has 1 fully saturated rings. The number of carboxylic acids is 1.